The lowest BCUT2D eigenvalue weighted by Gasteiger charge is -2.37. The predicted octanol–water partition coefficient (Wildman–Crippen LogP) is 2.76. The fourth-order valence-electron chi connectivity index (χ4n) is 2.79. The third kappa shape index (κ3) is 3.84. The minimum atomic E-state index is -5.55. The first-order chi connectivity index (χ1) is 13.0. The van der Waals surface area contributed by atoms with Crippen LogP contribution in [0.4, 0.5) is 13.2 Å². The van der Waals surface area contributed by atoms with Crippen LogP contribution in [-0.2, 0) is 14.6 Å². The van der Waals surface area contributed by atoms with Crippen LogP contribution in [-0.4, -0.2) is 36.1 Å². The number of methoxy groups -OCH3 is 2. The van der Waals surface area contributed by atoms with Gasteiger partial charge < -0.3 is 24.6 Å². The summed E-state index contributed by atoms with van der Waals surface area (Å²) in [4.78, 5) is 32.2. The molecule has 0 aromatic heterocycles. The molecule has 0 heterocycles. The van der Waals surface area contributed by atoms with Gasteiger partial charge in [-0.2, -0.15) is 13.2 Å². The number of rotatable bonds is 6. The highest BCUT2D eigenvalue weighted by Crippen LogP contribution is 2.62. The first-order valence-corrected chi connectivity index (χ1v) is 9.32. The van der Waals surface area contributed by atoms with E-state index >= 15 is 0 Å². The van der Waals surface area contributed by atoms with Gasteiger partial charge in [-0.1, -0.05) is 36.4 Å². The molecule has 7 nitrogen and oxygen atoms in total. The smallest absolute Gasteiger partial charge is 0.471 e. The minimum absolute atomic E-state index is 0.140. The summed E-state index contributed by atoms with van der Waals surface area (Å²) in [6.07, 6.45) is -5.40. The van der Waals surface area contributed by atoms with E-state index in [-0.39, 0.29) is 22.6 Å². The SMILES string of the molecule is COc1ccccc1C(NC(=O)C(F)(F)F)(c1ccccc1OC)P(=O)(O)O. The van der Waals surface area contributed by atoms with Gasteiger partial charge in [0.15, 0.2) is 0 Å². The van der Waals surface area contributed by atoms with Crippen LogP contribution in [0.15, 0.2) is 48.5 Å². The number of hydrogen-bond acceptors (Lipinski definition) is 4. The molecule has 2 rings (SSSR count). The van der Waals surface area contributed by atoms with Crippen LogP contribution in [0.3, 0.4) is 0 Å². The summed E-state index contributed by atoms with van der Waals surface area (Å²) < 4.78 is 61.9. The summed E-state index contributed by atoms with van der Waals surface area (Å²) >= 11 is 0. The van der Waals surface area contributed by atoms with E-state index in [1.54, 1.807) is 0 Å². The second kappa shape index (κ2) is 7.83. The largest absolute Gasteiger partial charge is 0.496 e. The van der Waals surface area contributed by atoms with Crippen molar-refractivity contribution in [3.63, 3.8) is 0 Å². The molecule has 28 heavy (non-hydrogen) atoms. The summed E-state index contributed by atoms with van der Waals surface area (Å²) in [6.45, 7) is 0. The van der Waals surface area contributed by atoms with Gasteiger partial charge >= 0.3 is 19.7 Å². The summed E-state index contributed by atoms with van der Waals surface area (Å²) in [6, 6.07) is 10.5. The van der Waals surface area contributed by atoms with Gasteiger partial charge in [-0.25, -0.2) is 0 Å². The van der Waals surface area contributed by atoms with Crippen molar-refractivity contribution in [3.05, 3.63) is 59.7 Å². The number of alkyl halides is 3. The van der Waals surface area contributed by atoms with Gasteiger partial charge in [-0.3, -0.25) is 9.36 Å². The minimum Gasteiger partial charge on any atom is -0.496 e. The fourth-order valence-corrected chi connectivity index (χ4v) is 4.03. The number of para-hydroxylation sites is 2. The van der Waals surface area contributed by atoms with E-state index < -0.39 is 25.0 Å². The molecule has 1 amide bonds. The second-order valence-electron chi connectivity index (χ2n) is 5.61. The third-order valence-corrected chi connectivity index (χ3v) is 5.45. The summed E-state index contributed by atoms with van der Waals surface area (Å²) in [5.74, 6) is -2.81. The van der Waals surface area contributed by atoms with Crippen LogP contribution in [0.5, 0.6) is 11.5 Å². The fraction of sp³-hybridized carbons (Fsp3) is 0.235. The van der Waals surface area contributed by atoms with E-state index in [1.807, 2.05) is 0 Å². The molecule has 0 spiro atoms. The van der Waals surface area contributed by atoms with Crippen molar-refractivity contribution in [2.75, 3.05) is 14.2 Å². The topological polar surface area (TPSA) is 105 Å². The Morgan fingerprint density at radius 2 is 1.32 bits per heavy atom. The number of halogens is 3. The van der Waals surface area contributed by atoms with E-state index in [0.717, 1.165) is 12.1 Å². The first kappa shape index (κ1) is 21.7. The molecule has 0 fully saturated rings. The van der Waals surface area contributed by atoms with E-state index in [4.69, 9.17) is 9.47 Å². The monoisotopic (exact) mass is 419 g/mol. The predicted molar refractivity (Wildman–Crippen MR) is 93.0 cm³/mol. The normalized spacial score (nSPS) is 12.4. The first-order valence-electron chi connectivity index (χ1n) is 7.71. The van der Waals surface area contributed by atoms with Gasteiger partial charge in [0.05, 0.1) is 14.2 Å². The maximum Gasteiger partial charge on any atom is 0.471 e. The van der Waals surface area contributed by atoms with E-state index in [9.17, 15) is 32.3 Å². The van der Waals surface area contributed by atoms with Crippen molar-refractivity contribution < 1.29 is 41.8 Å². The standard InChI is InChI=1S/C17H17F3NO6P/c1-26-13-9-5-3-7-11(13)16(28(23,24)25,21-15(22)17(18,19)20)12-8-4-6-10-14(12)27-2/h3-10H,1-2H3,(H,21,22)(H2,23,24,25). The van der Waals surface area contributed by atoms with Crippen molar-refractivity contribution in [1.29, 1.82) is 0 Å². The Labute approximate surface area is 158 Å². The Hall–Kier alpha value is -2.55. The Balaban J connectivity index is 2.97. The number of nitrogens with one attached hydrogen (secondary N) is 1. The molecule has 2 aromatic carbocycles. The van der Waals surface area contributed by atoms with Gasteiger partial charge in [-0.15, -0.1) is 0 Å². The third-order valence-electron chi connectivity index (χ3n) is 3.98. The Morgan fingerprint density at radius 3 is 1.64 bits per heavy atom. The Kier molecular flexibility index (Phi) is 6.08. The molecular weight excluding hydrogens is 402 g/mol. The maximum atomic E-state index is 13.0. The molecule has 2 aromatic rings. The number of carbonyl (C=O) groups excluding carboxylic acids is 1. The number of hydrogen-bond donors (Lipinski definition) is 3. The molecule has 3 N–H and O–H groups in total. The van der Waals surface area contributed by atoms with Crippen LogP contribution in [0.25, 0.3) is 0 Å². The average molecular weight is 419 g/mol. The number of carbonyl (C=O) groups is 1. The zero-order valence-electron chi connectivity index (χ0n) is 14.7. The Bertz CT molecular complexity index is 864. The average Bonchev–Trinajstić information content (AvgIpc) is 2.64. The highest BCUT2D eigenvalue weighted by atomic mass is 31.2. The molecule has 0 aliphatic carbocycles. The van der Waals surface area contributed by atoms with Crippen LogP contribution in [0.2, 0.25) is 0 Å². The maximum absolute atomic E-state index is 13.0. The molecule has 0 aliphatic heterocycles. The summed E-state index contributed by atoms with van der Waals surface area (Å²) in [5.41, 5.74) is -0.735. The lowest BCUT2D eigenvalue weighted by Crippen LogP contribution is -2.51. The molecule has 11 heteroatoms. The van der Waals surface area contributed by atoms with E-state index in [0.29, 0.717) is 0 Å². The quantitative estimate of drug-likeness (QED) is 0.622. The highest BCUT2D eigenvalue weighted by Gasteiger charge is 2.57. The molecule has 0 unspecified atom stereocenters. The van der Waals surface area contributed by atoms with Gasteiger partial charge in [-0.05, 0) is 12.1 Å². The van der Waals surface area contributed by atoms with Gasteiger partial charge in [0.1, 0.15) is 11.5 Å². The molecule has 0 saturated carbocycles. The van der Waals surface area contributed by atoms with E-state index in [2.05, 4.69) is 0 Å². The van der Waals surface area contributed by atoms with Crippen LogP contribution in [0, 0.1) is 0 Å². The van der Waals surface area contributed by atoms with Crippen molar-refractivity contribution in [3.8, 4) is 11.5 Å². The van der Waals surface area contributed by atoms with Gasteiger partial charge in [0.25, 0.3) is 0 Å². The van der Waals surface area contributed by atoms with Gasteiger partial charge in [0, 0.05) is 11.1 Å². The van der Waals surface area contributed by atoms with E-state index in [1.165, 1.54) is 55.9 Å². The summed E-state index contributed by atoms with van der Waals surface area (Å²) in [7, 11) is -3.19. The van der Waals surface area contributed by atoms with Crippen LogP contribution in [0.1, 0.15) is 11.1 Å². The number of benzene rings is 2. The molecule has 0 radical (unpaired) electrons. The number of amides is 1. The zero-order valence-corrected chi connectivity index (χ0v) is 15.6. The summed E-state index contributed by atoms with van der Waals surface area (Å²) in [5, 5.41) is -1.41. The molecule has 0 bridgehead atoms. The van der Waals surface area contributed by atoms with Crippen LogP contribution >= 0.6 is 7.60 Å². The molecule has 0 atom stereocenters. The molecular formula is C17H17F3NO6P. The van der Waals surface area contributed by atoms with Crippen LogP contribution < -0.4 is 14.8 Å². The van der Waals surface area contributed by atoms with Crippen molar-refractivity contribution in [2.45, 2.75) is 11.5 Å². The van der Waals surface area contributed by atoms with Gasteiger partial charge in [0.2, 0.25) is 5.28 Å². The van der Waals surface area contributed by atoms with Crippen molar-refractivity contribution >= 4 is 13.5 Å². The Morgan fingerprint density at radius 1 is 0.929 bits per heavy atom. The lowest BCUT2D eigenvalue weighted by molar-refractivity contribution is -0.174. The highest BCUT2D eigenvalue weighted by molar-refractivity contribution is 7.53. The second-order valence-corrected chi connectivity index (χ2v) is 7.37. The lowest BCUT2D eigenvalue weighted by atomic mass is 9.95. The molecule has 0 saturated heterocycles. The number of ether oxygens (including phenoxy) is 2. The molecule has 0 aliphatic rings. The van der Waals surface area contributed by atoms with Crippen molar-refractivity contribution in [1.82, 2.24) is 5.32 Å². The molecule has 152 valence electrons. The zero-order chi connectivity index (χ0) is 21.2. The van der Waals surface area contributed by atoms with Crippen molar-refractivity contribution in [2.24, 2.45) is 0 Å².